The third-order valence-electron chi connectivity index (χ3n) is 10.5. The van der Waals surface area contributed by atoms with Gasteiger partial charge in [0.25, 0.3) is 0 Å². The first-order chi connectivity index (χ1) is 26.8. The highest BCUT2D eigenvalue weighted by Crippen LogP contribution is 2.54. The molecule has 254 valence electrons. The molecule has 0 aliphatic carbocycles. The minimum Gasteiger partial charge on any atom is -0.456 e. The Labute approximate surface area is 315 Å². The van der Waals surface area contributed by atoms with E-state index in [1.807, 2.05) is 0 Å². The largest absolute Gasteiger partial charge is 0.456 e. The zero-order valence-corrected chi connectivity index (χ0v) is 29.6. The SMILES string of the molecule is c1ccc(-c2ccc(N(c3ccccc3-c3ccccc3)c3cccc4c3-c3ccc(-c5ccccc5)cc3-c3cc5ccccc5cc3O4)cc2)cc1. The van der Waals surface area contributed by atoms with Crippen molar-refractivity contribution in [1.82, 2.24) is 0 Å². The summed E-state index contributed by atoms with van der Waals surface area (Å²) in [5.41, 5.74) is 14.6. The molecule has 1 heterocycles. The standard InChI is InChI=1S/C52H35NO/c1-4-15-36(16-5-1)38-27-30-43(31-28-38)53(48-24-13-12-23-44(48)39-19-8-3-9-20-39)49-25-14-26-50-52(49)45-32-29-42(37-17-6-2-7-18-37)33-46(45)47-34-40-21-10-11-22-41(40)35-51(47)54-50/h1-35H. The molecule has 0 radical (unpaired) electrons. The van der Waals surface area contributed by atoms with E-state index in [-0.39, 0.29) is 0 Å². The quantitative estimate of drug-likeness (QED) is 0.172. The van der Waals surface area contributed by atoms with Crippen molar-refractivity contribution in [2.45, 2.75) is 0 Å². The lowest BCUT2D eigenvalue weighted by Gasteiger charge is -2.30. The molecule has 54 heavy (non-hydrogen) atoms. The molecule has 1 aliphatic heterocycles. The molecule has 0 spiro atoms. The van der Waals surface area contributed by atoms with E-state index in [0.29, 0.717) is 0 Å². The maximum atomic E-state index is 7.07. The number of nitrogens with zero attached hydrogens (tertiary/aromatic N) is 1. The number of fused-ring (bicyclic) bond motifs is 6. The van der Waals surface area contributed by atoms with Crippen LogP contribution < -0.4 is 9.64 Å². The smallest absolute Gasteiger partial charge is 0.137 e. The lowest BCUT2D eigenvalue weighted by molar-refractivity contribution is 0.488. The normalized spacial score (nSPS) is 11.5. The lowest BCUT2D eigenvalue weighted by Crippen LogP contribution is -2.12. The Bertz CT molecular complexity index is 2770. The molecule has 0 saturated heterocycles. The first-order valence-electron chi connectivity index (χ1n) is 18.4. The maximum Gasteiger partial charge on any atom is 0.137 e. The molecular weight excluding hydrogens is 655 g/mol. The maximum absolute atomic E-state index is 7.07. The van der Waals surface area contributed by atoms with Gasteiger partial charge >= 0.3 is 0 Å². The fourth-order valence-corrected chi connectivity index (χ4v) is 7.86. The van der Waals surface area contributed by atoms with Gasteiger partial charge in [0.15, 0.2) is 0 Å². The Kier molecular flexibility index (Phi) is 7.85. The van der Waals surface area contributed by atoms with Crippen LogP contribution in [0.2, 0.25) is 0 Å². The van der Waals surface area contributed by atoms with Crippen molar-refractivity contribution in [1.29, 1.82) is 0 Å². The van der Waals surface area contributed by atoms with Gasteiger partial charge in [-0.25, -0.2) is 0 Å². The van der Waals surface area contributed by atoms with Gasteiger partial charge in [0, 0.05) is 22.4 Å². The number of rotatable bonds is 6. The summed E-state index contributed by atoms with van der Waals surface area (Å²) in [5, 5.41) is 2.33. The number of hydrogen-bond donors (Lipinski definition) is 0. The number of para-hydroxylation sites is 1. The van der Waals surface area contributed by atoms with Crippen LogP contribution in [0.1, 0.15) is 0 Å². The second-order valence-electron chi connectivity index (χ2n) is 13.7. The van der Waals surface area contributed by atoms with Crippen LogP contribution >= 0.6 is 0 Å². The average Bonchev–Trinajstić information content (AvgIpc) is 3.38. The van der Waals surface area contributed by atoms with Crippen LogP contribution in [0, 0.1) is 0 Å². The lowest BCUT2D eigenvalue weighted by atomic mass is 9.89. The van der Waals surface area contributed by atoms with Gasteiger partial charge < -0.3 is 9.64 Å². The van der Waals surface area contributed by atoms with Gasteiger partial charge in [-0.05, 0) is 98.2 Å². The molecular formula is C52H35NO. The second kappa shape index (κ2) is 13.4. The first-order valence-corrected chi connectivity index (χ1v) is 18.4. The summed E-state index contributed by atoms with van der Waals surface area (Å²) < 4.78 is 7.07. The molecule has 0 saturated carbocycles. The van der Waals surface area contributed by atoms with Crippen LogP contribution in [0.15, 0.2) is 212 Å². The summed E-state index contributed by atoms with van der Waals surface area (Å²) in [7, 11) is 0. The van der Waals surface area contributed by atoms with Crippen molar-refractivity contribution >= 4 is 27.8 Å². The summed E-state index contributed by atoms with van der Waals surface area (Å²) in [6, 6.07) is 75.8. The van der Waals surface area contributed by atoms with E-state index in [4.69, 9.17) is 4.74 Å². The summed E-state index contributed by atoms with van der Waals surface area (Å²) in [6.45, 7) is 0. The van der Waals surface area contributed by atoms with Crippen molar-refractivity contribution in [3.63, 3.8) is 0 Å². The zero-order chi connectivity index (χ0) is 35.8. The molecule has 0 atom stereocenters. The van der Waals surface area contributed by atoms with E-state index >= 15 is 0 Å². The van der Waals surface area contributed by atoms with Crippen molar-refractivity contribution in [2.75, 3.05) is 4.90 Å². The summed E-state index contributed by atoms with van der Waals surface area (Å²) in [4.78, 5) is 2.40. The number of hydrogen-bond acceptors (Lipinski definition) is 2. The van der Waals surface area contributed by atoms with Crippen LogP contribution in [0.4, 0.5) is 17.1 Å². The number of ether oxygens (including phenoxy) is 1. The second-order valence-corrected chi connectivity index (χ2v) is 13.7. The first kappa shape index (κ1) is 31.6. The van der Waals surface area contributed by atoms with E-state index in [2.05, 4.69) is 217 Å². The summed E-state index contributed by atoms with van der Waals surface area (Å²) in [6.07, 6.45) is 0. The Hall–Kier alpha value is -7.16. The molecule has 0 amide bonds. The molecule has 2 heteroatoms. The monoisotopic (exact) mass is 689 g/mol. The highest BCUT2D eigenvalue weighted by Gasteiger charge is 2.28. The highest BCUT2D eigenvalue weighted by molar-refractivity contribution is 6.03. The Morgan fingerprint density at radius 1 is 0.296 bits per heavy atom. The Balaban J connectivity index is 1.24. The van der Waals surface area contributed by atoms with Crippen molar-refractivity contribution in [3.05, 3.63) is 212 Å². The molecule has 0 fully saturated rings. The van der Waals surface area contributed by atoms with Gasteiger partial charge in [-0.2, -0.15) is 0 Å². The Morgan fingerprint density at radius 3 is 1.57 bits per heavy atom. The third kappa shape index (κ3) is 5.62. The van der Waals surface area contributed by atoms with Crippen LogP contribution in [-0.4, -0.2) is 0 Å². The number of benzene rings is 9. The fraction of sp³-hybridized carbons (Fsp3) is 0. The van der Waals surface area contributed by atoms with E-state index in [1.54, 1.807) is 0 Å². The van der Waals surface area contributed by atoms with E-state index < -0.39 is 0 Å². The van der Waals surface area contributed by atoms with Crippen molar-refractivity contribution < 1.29 is 4.74 Å². The molecule has 0 aromatic heterocycles. The third-order valence-corrected chi connectivity index (χ3v) is 10.5. The molecule has 1 aliphatic rings. The zero-order valence-electron chi connectivity index (χ0n) is 29.6. The van der Waals surface area contributed by atoms with E-state index in [1.165, 1.54) is 22.1 Å². The molecule has 10 rings (SSSR count). The van der Waals surface area contributed by atoms with Crippen LogP contribution in [0.3, 0.4) is 0 Å². The highest BCUT2D eigenvalue weighted by atomic mass is 16.5. The van der Waals surface area contributed by atoms with Crippen LogP contribution in [-0.2, 0) is 0 Å². The minimum atomic E-state index is 0.818. The van der Waals surface area contributed by atoms with Gasteiger partial charge in [-0.1, -0.05) is 164 Å². The van der Waals surface area contributed by atoms with Crippen LogP contribution in [0.5, 0.6) is 11.5 Å². The minimum absolute atomic E-state index is 0.818. The predicted octanol–water partition coefficient (Wildman–Crippen LogP) is 14.8. The predicted molar refractivity (Wildman–Crippen MR) is 226 cm³/mol. The molecule has 9 aromatic rings. The summed E-state index contributed by atoms with van der Waals surface area (Å²) >= 11 is 0. The van der Waals surface area contributed by atoms with E-state index in [0.717, 1.165) is 72.9 Å². The van der Waals surface area contributed by atoms with Crippen molar-refractivity contribution in [2.24, 2.45) is 0 Å². The van der Waals surface area contributed by atoms with E-state index in [9.17, 15) is 0 Å². The van der Waals surface area contributed by atoms with Crippen molar-refractivity contribution in [3.8, 4) is 67.1 Å². The molecule has 9 aromatic carbocycles. The molecule has 0 N–H and O–H groups in total. The number of anilines is 3. The van der Waals surface area contributed by atoms with Gasteiger partial charge in [0.1, 0.15) is 11.5 Å². The molecule has 0 unspecified atom stereocenters. The molecule has 2 nitrogen and oxygen atoms in total. The molecule has 0 bridgehead atoms. The fourth-order valence-electron chi connectivity index (χ4n) is 7.86. The topological polar surface area (TPSA) is 12.5 Å². The van der Waals surface area contributed by atoms with Gasteiger partial charge in [0.05, 0.1) is 11.4 Å². The Morgan fingerprint density at radius 2 is 0.852 bits per heavy atom. The van der Waals surface area contributed by atoms with Gasteiger partial charge in [0.2, 0.25) is 0 Å². The van der Waals surface area contributed by atoms with Crippen LogP contribution in [0.25, 0.3) is 66.4 Å². The van der Waals surface area contributed by atoms with Gasteiger partial charge in [-0.15, -0.1) is 0 Å². The van der Waals surface area contributed by atoms with Gasteiger partial charge in [-0.3, -0.25) is 0 Å². The summed E-state index contributed by atoms with van der Waals surface area (Å²) in [5.74, 6) is 1.66. The average molecular weight is 690 g/mol.